The zero-order valence-corrected chi connectivity index (χ0v) is 16.9. The quantitative estimate of drug-likeness (QED) is 0.681. The Morgan fingerprint density at radius 3 is 2.45 bits per heavy atom. The van der Waals surface area contributed by atoms with Crippen molar-refractivity contribution in [1.29, 1.82) is 0 Å². The molecular weight excluding hydrogens is 412 g/mol. The highest BCUT2D eigenvalue weighted by atomic mass is 32.2. The summed E-state index contributed by atoms with van der Waals surface area (Å²) in [6, 6.07) is 14.7. The number of benzene rings is 2. The summed E-state index contributed by atoms with van der Waals surface area (Å²) < 4.78 is 48.5. The predicted molar refractivity (Wildman–Crippen MR) is 110 cm³/mol. The molecule has 0 spiro atoms. The highest BCUT2D eigenvalue weighted by Crippen LogP contribution is 2.26. The molecule has 0 saturated carbocycles. The van der Waals surface area contributed by atoms with Crippen LogP contribution in [0.3, 0.4) is 0 Å². The van der Waals surface area contributed by atoms with Gasteiger partial charge in [0.25, 0.3) is 5.91 Å². The van der Waals surface area contributed by atoms with Gasteiger partial charge in [0.15, 0.2) is 19.7 Å². The largest absolute Gasteiger partial charge is 0.320 e. The predicted octanol–water partition coefficient (Wildman–Crippen LogP) is 2.45. The van der Waals surface area contributed by atoms with E-state index >= 15 is 0 Å². The molecule has 1 amide bonds. The number of nitrogens with one attached hydrogen (secondary N) is 1. The van der Waals surface area contributed by atoms with Crippen molar-refractivity contribution in [3.8, 4) is 0 Å². The number of rotatable bonds is 4. The SMILES string of the molecule is O=C(Nc1cccc2cccnc12)c1ccc(S(=O)(=O)[C@H]2CCS(=O)(=O)C2)cc1. The van der Waals surface area contributed by atoms with Crippen LogP contribution in [-0.2, 0) is 19.7 Å². The maximum Gasteiger partial charge on any atom is 0.255 e. The first-order valence-corrected chi connectivity index (χ1v) is 12.3. The van der Waals surface area contributed by atoms with Gasteiger partial charge in [0.1, 0.15) is 0 Å². The van der Waals surface area contributed by atoms with E-state index in [1.807, 2.05) is 24.3 Å². The molecule has 0 bridgehead atoms. The lowest BCUT2D eigenvalue weighted by atomic mass is 10.1. The molecule has 1 N–H and O–H groups in total. The maximum atomic E-state index is 12.7. The number of pyridine rings is 1. The van der Waals surface area contributed by atoms with Gasteiger partial charge in [-0.05, 0) is 42.8 Å². The van der Waals surface area contributed by atoms with Crippen molar-refractivity contribution in [3.63, 3.8) is 0 Å². The first-order chi connectivity index (χ1) is 13.8. The van der Waals surface area contributed by atoms with Crippen LogP contribution in [0.5, 0.6) is 0 Å². The lowest BCUT2D eigenvalue weighted by molar-refractivity contribution is 0.102. The standard InChI is InChI=1S/C20H18N2O5S2/c23-20(22-18-5-1-3-14-4-2-11-21-19(14)18)15-6-8-16(9-7-15)29(26,27)17-10-12-28(24,25)13-17/h1-9,11,17H,10,12-13H2,(H,22,23)/t17-/m0/s1. The van der Waals surface area contributed by atoms with Crippen molar-refractivity contribution in [3.05, 3.63) is 66.4 Å². The molecule has 0 radical (unpaired) electrons. The number of amides is 1. The number of nitrogens with zero attached hydrogens (tertiary/aromatic N) is 1. The number of fused-ring (bicyclic) bond motifs is 1. The topological polar surface area (TPSA) is 110 Å². The molecule has 1 aliphatic heterocycles. The highest BCUT2D eigenvalue weighted by Gasteiger charge is 2.38. The summed E-state index contributed by atoms with van der Waals surface area (Å²) in [5.41, 5.74) is 1.50. The zero-order valence-electron chi connectivity index (χ0n) is 15.3. The second kappa shape index (κ2) is 7.23. The minimum Gasteiger partial charge on any atom is -0.320 e. The molecule has 0 unspecified atom stereocenters. The lowest BCUT2D eigenvalue weighted by Crippen LogP contribution is -2.23. The second-order valence-corrected chi connectivity index (χ2v) is 11.4. The molecular formula is C20H18N2O5S2. The monoisotopic (exact) mass is 430 g/mol. The van der Waals surface area contributed by atoms with Crippen LogP contribution in [-0.4, -0.2) is 44.5 Å². The Balaban J connectivity index is 1.55. The molecule has 1 fully saturated rings. The number of carbonyl (C=O) groups is 1. The van der Waals surface area contributed by atoms with Crippen molar-refractivity contribution in [2.75, 3.05) is 16.8 Å². The molecule has 1 aromatic heterocycles. The molecule has 0 aliphatic carbocycles. The number of para-hydroxylation sites is 1. The number of aromatic nitrogens is 1. The summed E-state index contributed by atoms with van der Waals surface area (Å²) in [6.07, 6.45) is 1.74. The molecule has 1 saturated heterocycles. The van der Waals surface area contributed by atoms with E-state index in [0.29, 0.717) is 11.2 Å². The van der Waals surface area contributed by atoms with E-state index in [1.54, 1.807) is 12.3 Å². The number of sulfone groups is 2. The summed E-state index contributed by atoms with van der Waals surface area (Å²) in [7, 11) is -7.07. The van der Waals surface area contributed by atoms with Crippen LogP contribution < -0.4 is 5.32 Å². The summed E-state index contributed by atoms with van der Waals surface area (Å²) in [5.74, 6) is -0.863. The fourth-order valence-corrected chi connectivity index (χ4v) is 7.75. The molecule has 2 aromatic carbocycles. The third-order valence-corrected chi connectivity index (χ3v) is 9.14. The van der Waals surface area contributed by atoms with E-state index < -0.39 is 30.8 Å². The fraction of sp³-hybridized carbons (Fsp3) is 0.200. The number of hydrogen-bond acceptors (Lipinski definition) is 6. The third-order valence-electron chi connectivity index (χ3n) is 4.96. The maximum absolute atomic E-state index is 12.7. The Morgan fingerprint density at radius 2 is 1.76 bits per heavy atom. The van der Waals surface area contributed by atoms with Crippen molar-refractivity contribution in [2.45, 2.75) is 16.6 Å². The fourth-order valence-electron chi connectivity index (χ4n) is 3.39. The van der Waals surface area contributed by atoms with Crippen molar-refractivity contribution >= 4 is 42.2 Å². The van der Waals surface area contributed by atoms with Crippen molar-refractivity contribution in [1.82, 2.24) is 4.98 Å². The van der Waals surface area contributed by atoms with Crippen molar-refractivity contribution in [2.24, 2.45) is 0 Å². The second-order valence-electron chi connectivity index (χ2n) is 6.93. The Kier molecular flexibility index (Phi) is 4.87. The van der Waals surface area contributed by atoms with E-state index in [0.717, 1.165) is 5.39 Å². The summed E-state index contributed by atoms with van der Waals surface area (Å²) in [6.45, 7) is 0. The van der Waals surface area contributed by atoms with Gasteiger partial charge in [-0.1, -0.05) is 18.2 Å². The van der Waals surface area contributed by atoms with E-state index in [4.69, 9.17) is 0 Å². The van der Waals surface area contributed by atoms with Gasteiger partial charge in [-0.25, -0.2) is 16.8 Å². The van der Waals surface area contributed by atoms with Gasteiger partial charge >= 0.3 is 0 Å². The van der Waals surface area contributed by atoms with E-state index in [-0.39, 0.29) is 28.4 Å². The summed E-state index contributed by atoms with van der Waals surface area (Å²) in [5, 5.41) is 2.75. The van der Waals surface area contributed by atoms with E-state index in [9.17, 15) is 21.6 Å². The Morgan fingerprint density at radius 1 is 1.03 bits per heavy atom. The molecule has 3 aromatic rings. The number of carbonyl (C=O) groups excluding carboxylic acids is 1. The van der Waals surface area contributed by atoms with Crippen LogP contribution in [0.2, 0.25) is 0 Å². The Labute approximate surface area is 168 Å². The lowest BCUT2D eigenvalue weighted by Gasteiger charge is -2.11. The molecule has 4 rings (SSSR count). The molecule has 29 heavy (non-hydrogen) atoms. The smallest absolute Gasteiger partial charge is 0.255 e. The number of hydrogen-bond donors (Lipinski definition) is 1. The van der Waals surface area contributed by atoms with Gasteiger partial charge in [-0.2, -0.15) is 0 Å². The van der Waals surface area contributed by atoms with Crippen molar-refractivity contribution < 1.29 is 21.6 Å². The Hall–Kier alpha value is -2.78. The van der Waals surface area contributed by atoms with Gasteiger partial charge < -0.3 is 5.32 Å². The van der Waals surface area contributed by atoms with Gasteiger partial charge in [0.05, 0.1) is 32.9 Å². The molecule has 1 atom stereocenters. The third kappa shape index (κ3) is 3.88. The number of anilines is 1. The molecule has 1 aliphatic rings. The van der Waals surface area contributed by atoms with E-state index in [2.05, 4.69) is 10.3 Å². The zero-order chi connectivity index (χ0) is 20.6. The minimum absolute atomic E-state index is 0.0166. The molecule has 2 heterocycles. The van der Waals surface area contributed by atoms with Crippen LogP contribution in [0, 0.1) is 0 Å². The molecule has 150 valence electrons. The van der Waals surface area contributed by atoms with Gasteiger partial charge in [0.2, 0.25) is 0 Å². The van der Waals surface area contributed by atoms with Crippen LogP contribution in [0.25, 0.3) is 10.9 Å². The minimum atomic E-state index is -3.76. The van der Waals surface area contributed by atoms with Crippen LogP contribution in [0.15, 0.2) is 65.7 Å². The van der Waals surface area contributed by atoms with E-state index in [1.165, 1.54) is 24.3 Å². The average Bonchev–Trinajstić information content (AvgIpc) is 3.09. The first-order valence-electron chi connectivity index (χ1n) is 8.96. The van der Waals surface area contributed by atoms with Gasteiger partial charge in [0, 0.05) is 17.1 Å². The molecule has 7 nitrogen and oxygen atoms in total. The van der Waals surface area contributed by atoms with Crippen LogP contribution in [0.1, 0.15) is 16.8 Å². The normalized spacial score (nSPS) is 18.6. The summed E-state index contributed by atoms with van der Waals surface area (Å²) in [4.78, 5) is 16.9. The molecule has 9 heteroatoms. The summed E-state index contributed by atoms with van der Waals surface area (Å²) >= 11 is 0. The highest BCUT2D eigenvalue weighted by molar-refractivity contribution is 7.96. The van der Waals surface area contributed by atoms with Gasteiger partial charge in [-0.15, -0.1) is 0 Å². The first kappa shape index (κ1) is 19.5. The van der Waals surface area contributed by atoms with Crippen LogP contribution >= 0.6 is 0 Å². The Bertz CT molecular complexity index is 1290. The van der Waals surface area contributed by atoms with Gasteiger partial charge in [-0.3, -0.25) is 9.78 Å². The average molecular weight is 431 g/mol. The van der Waals surface area contributed by atoms with Crippen LogP contribution in [0.4, 0.5) is 5.69 Å².